The first-order chi connectivity index (χ1) is 25.6. The van der Waals surface area contributed by atoms with E-state index in [0.29, 0.717) is 57.6 Å². The van der Waals surface area contributed by atoms with Crippen molar-refractivity contribution < 1.29 is 42.9 Å². The van der Waals surface area contributed by atoms with Gasteiger partial charge in [0, 0.05) is 30.6 Å². The zero-order valence-electron chi connectivity index (χ0n) is 33.8. The highest BCUT2D eigenvalue weighted by molar-refractivity contribution is 7.99. The quantitative estimate of drug-likeness (QED) is 0.0314. The van der Waals surface area contributed by atoms with Crippen molar-refractivity contribution >= 4 is 31.2 Å². The lowest BCUT2D eigenvalue weighted by Crippen LogP contribution is -2.47. The molecule has 0 heterocycles. The van der Waals surface area contributed by atoms with Gasteiger partial charge in [-0.05, 0) is 19.8 Å². The summed E-state index contributed by atoms with van der Waals surface area (Å²) in [7, 11) is -4.04. The second-order valence-electron chi connectivity index (χ2n) is 14.3. The van der Waals surface area contributed by atoms with Crippen LogP contribution in [0.15, 0.2) is 0 Å². The fourth-order valence-corrected chi connectivity index (χ4v) is 7.00. The van der Waals surface area contributed by atoms with E-state index < -0.39 is 13.6 Å². The van der Waals surface area contributed by atoms with Crippen LogP contribution in [-0.4, -0.2) is 110 Å². The summed E-state index contributed by atoms with van der Waals surface area (Å²) in [6.45, 7) is 8.95. The zero-order chi connectivity index (χ0) is 39.3. The number of carbonyl (C=O) groups excluding carboxylic acids is 2. The molecule has 14 heteroatoms. The lowest BCUT2D eigenvalue weighted by atomic mass is 10.1. The summed E-state index contributed by atoms with van der Waals surface area (Å²) in [6, 6.07) is -1.06. The summed E-state index contributed by atoms with van der Waals surface area (Å²) in [5.74, 6) is 0.858. The van der Waals surface area contributed by atoms with Gasteiger partial charge in [-0.2, -0.15) is 11.8 Å². The molecule has 0 rings (SSSR count). The van der Waals surface area contributed by atoms with E-state index in [1.807, 2.05) is 6.92 Å². The van der Waals surface area contributed by atoms with Gasteiger partial charge in [-0.3, -0.25) is 14.2 Å². The lowest BCUT2D eigenvalue weighted by Gasteiger charge is -2.21. The van der Waals surface area contributed by atoms with Gasteiger partial charge in [-0.25, -0.2) is 0 Å². The molecule has 0 aliphatic rings. The Hall–Kier alpha value is -0.760. The molecular weight excluding hydrogens is 717 g/mol. The molecule has 0 saturated carbocycles. The highest BCUT2D eigenvalue weighted by Crippen LogP contribution is 2.33. The standard InChI is InChI=1S/C39H80N3O9PS/c1-4-6-8-10-12-14-16-18-20-22-24-50-32-36(42-38(43)23-21-19-17-15-13-11-9-7-5-2)33-53-34-37(40)39(44)41-35(3)31-51-28-27-48-25-26-49-29-30-52(45,46)47/h35-37H,4-34,40H2,1-3H3,(H,41,44)(H,42,43)(H2,45,46,47)/t35-,36+,37-/m0/s1. The van der Waals surface area contributed by atoms with E-state index in [0.717, 1.165) is 19.3 Å². The third kappa shape index (κ3) is 39.3. The molecule has 0 aromatic rings. The molecule has 0 unspecified atom stereocenters. The van der Waals surface area contributed by atoms with Gasteiger partial charge in [0.1, 0.15) is 0 Å². The minimum absolute atomic E-state index is 0.0214. The average molecular weight is 798 g/mol. The molecule has 3 atom stereocenters. The van der Waals surface area contributed by atoms with Crippen LogP contribution in [0.25, 0.3) is 0 Å². The number of hydrogen-bond acceptors (Lipinski definition) is 9. The van der Waals surface area contributed by atoms with Crippen molar-refractivity contribution in [2.45, 2.75) is 167 Å². The van der Waals surface area contributed by atoms with Crippen molar-refractivity contribution in [3.8, 4) is 0 Å². The second-order valence-corrected chi connectivity index (χ2v) is 17.2. The maximum Gasteiger partial charge on any atom is 0.327 e. The van der Waals surface area contributed by atoms with Gasteiger partial charge in [0.25, 0.3) is 0 Å². The van der Waals surface area contributed by atoms with Crippen molar-refractivity contribution in [1.29, 1.82) is 0 Å². The van der Waals surface area contributed by atoms with Crippen LogP contribution < -0.4 is 16.4 Å². The zero-order valence-corrected chi connectivity index (χ0v) is 35.5. The molecule has 0 aromatic heterocycles. The van der Waals surface area contributed by atoms with Crippen molar-refractivity contribution in [2.24, 2.45) is 5.73 Å². The molecule has 0 fully saturated rings. The smallest absolute Gasteiger partial charge is 0.327 e. The number of unbranched alkanes of at least 4 members (excludes halogenated alkanes) is 17. The Morgan fingerprint density at radius 2 is 1.09 bits per heavy atom. The van der Waals surface area contributed by atoms with Gasteiger partial charge in [0.2, 0.25) is 11.8 Å². The highest BCUT2D eigenvalue weighted by Gasteiger charge is 2.19. The topological polar surface area (TPSA) is 179 Å². The number of nitrogens with two attached hydrogens (primary N) is 1. The van der Waals surface area contributed by atoms with Gasteiger partial charge in [-0.15, -0.1) is 0 Å². The van der Waals surface area contributed by atoms with E-state index in [2.05, 4.69) is 24.5 Å². The molecule has 0 spiro atoms. The third-order valence-electron chi connectivity index (χ3n) is 8.81. The molecule has 0 bridgehead atoms. The summed E-state index contributed by atoms with van der Waals surface area (Å²) < 4.78 is 32.9. The molecule has 6 N–H and O–H groups in total. The number of thioether (sulfide) groups is 1. The summed E-state index contributed by atoms with van der Waals surface area (Å²) in [4.78, 5) is 43.1. The predicted molar refractivity (Wildman–Crippen MR) is 219 cm³/mol. The van der Waals surface area contributed by atoms with Gasteiger partial charge >= 0.3 is 7.60 Å². The van der Waals surface area contributed by atoms with E-state index in [1.165, 1.54) is 103 Å². The molecule has 0 aliphatic heterocycles. The second kappa shape index (κ2) is 38.1. The van der Waals surface area contributed by atoms with Crippen LogP contribution in [0, 0.1) is 0 Å². The summed E-state index contributed by atoms with van der Waals surface area (Å²) in [5.41, 5.74) is 6.21. The molecule has 316 valence electrons. The van der Waals surface area contributed by atoms with E-state index in [-0.39, 0.29) is 43.3 Å². The fourth-order valence-electron chi connectivity index (χ4n) is 5.63. The van der Waals surface area contributed by atoms with Crippen LogP contribution in [0.1, 0.15) is 149 Å². The molecule has 0 aliphatic carbocycles. The van der Waals surface area contributed by atoms with Crippen LogP contribution in [0.3, 0.4) is 0 Å². The van der Waals surface area contributed by atoms with Crippen molar-refractivity contribution in [2.75, 3.05) is 70.5 Å². The summed E-state index contributed by atoms with van der Waals surface area (Å²) >= 11 is 1.55. The summed E-state index contributed by atoms with van der Waals surface area (Å²) in [5, 5.41) is 6.08. The molecule has 53 heavy (non-hydrogen) atoms. The van der Waals surface area contributed by atoms with Gasteiger partial charge in [-0.1, -0.05) is 123 Å². The Morgan fingerprint density at radius 1 is 0.623 bits per heavy atom. The monoisotopic (exact) mass is 798 g/mol. The van der Waals surface area contributed by atoms with Gasteiger partial charge in [0.15, 0.2) is 0 Å². The van der Waals surface area contributed by atoms with E-state index in [9.17, 15) is 14.2 Å². The van der Waals surface area contributed by atoms with Crippen LogP contribution in [0.5, 0.6) is 0 Å². The van der Waals surface area contributed by atoms with Crippen LogP contribution in [0.4, 0.5) is 0 Å². The fraction of sp³-hybridized carbons (Fsp3) is 0.949. The number of nitrogens with one attached hydrogen (secondary N) is 2. The summed E-state index contributed by atoms with van der Waals surface area (Å²) in [6.07, 6.45) is 23.9. The molecular formula is C39H80N3O9PS. The maximum atomic E-state index is 12.8. The van der Waals surface area contributed by atoms with Crippen LogP contribution in [0.2, 0.25) is 0 Å². The van der Waals surface area contributed by atoms with E-state index in [1.54, 1.807) is 11.8 Å². The first-order valence-electron chi connectivity index (χ1n) is 20.9. The van der Waals surface area contributed by atoms with Crippen molar-refractivity contribution in [3.05, 3.63) is 0 Å². The third-order valence-corrected chi connectivity index (χ3v) is 10.8. The number of rotatable bonds is 41. The Kier molecular flexibility index (Phi) is 37.6. The normalized spacial score (nSPS) is 13.5. The Labute approximate surface area is 327 Å². The molecule has 2 amide bonds. The average Bonchev–Trinajstić information content (AvgIpc) is 3.11. The Balaban J connectivity index is 4.36. The minimum Gasteiger partial charge on any atom is -0.379 e. The van der Waals surface area contributed by atoms with Crippen LogP contribution in [-0.2, 0) is 33.1 Å². The molecule has 0 aromatic carbocycles. The van der Waals surface area contributed by atoms with E-state index >= 15 is 0 Å². The largest absolute Gasteiger partial charge is 0.379 e. The first kappa shape index (κ1) is 52.2. The van der Waals surface area contributed by atoms with Crippen LogP contribution >= 0.6 is 19.4 Å². The SMILES string of the molecule is CCCCCCCCCCCCOC[C@H](CSC[C@H](N)C(=O)N[C@@H](C)COCCOCCOCCP(=O)(O)O)NC(=O)CCCCCCCCCCC. The molecule has 0 radical (unpaired) electrons. The lowest BCUT2D eigenvalue weighted by molar-refractivity contribution is -0.123. The number of amides is 2. The van der Waals surface area contributed by atoms with E-state index in [4.69, 9.17) is 34.5 Å². The Bertz CT molecular complexity index is 887. The Morgan fingerprint density at radius 3 is 1.64 bits per heavy atom. The van der Waals surface area contributed by atoms with Gasteiger partial charge < -0.3 is 45.1 Å². The first-order valence-corrected chi connectivity index (χ1v) is 23.8. The van der Waals surface area contributed by atoms with Gasteiger partial charge in [0.05, 0.1) is 64.5 Å². The predicted octanol–water partition coefficient (Wildman–Crippen LogP) is 7.12. The number of hydrogen-bond donors (Lipinski definition) is 5. The molecule has 0 saturated heterocycles. The number of carbonyl (C=O) groups is 2. The molecule has 12 nitrogen and oxygen atoms in total. The van der Waals surface area contributed by atoms with Crippen molar-refractivity contribution in [1.82, 2.24) is 10.6 Å². The number of ether oxygens (including phenoxy) is 4. The maximum absolute atomic E-state index is 12.8. The highest BCUT2D eigenvalue weighted by atomic mass is 32.2. The minimum atomic E-state index is -4.04. The van der Waals surface area contributed by atoms with Crippen molar-refractivity contribution in [3.63, 3.8) is 0 Å².